The van der Waals surface area contributed by atoms with Crippen LogP contribution in [0.15, 0.2) is 11.6 Å². The Hall–Kier alpha value is -1.12. The van der Waals surface area contributed by atoms with E-state index in [0.717, 1.165) is 12.0 Å². The van der Waals surface area contributed by atoms with Crippen LogP contribution >= 0.6 is 0 Å². The highest BCUT2D eigenvalue weighted by atomic mass is 16.6. The second-order valence-corrected chi connectivity index (χ2v) is 5.04. The zero-order valence-corrected chi connectivity index (χ0v) is 10.0. The first-order valence-corrected chi connectivity index (χ1v) is 5.10. The Morgan fingerprint density at radius 2 is 1.93 bits per heavy atom. The summed E-state index contributed by atoms with van der Waals surface area (Å²) in [4.78, 5) is 23.0. The number of carbonyl (C=O) groups is 2. The maximum atomic E-state index is 11.9. The topological polar surface area (TPSA) is 43.4 Å². The van der Waals surface area contributed by atoms with E-state index < -0.39 is 11.6 Å². The molecule has 0 aromatic rings. The van der Waals surface area contributed by atoms with Gasteiger partial charge in [0.1, 0.15) is 0 Å². The van der Waals surface area contributed by atoms with Gasteiger partial charge in [0.2, 0.25) is 0 Å². The molecule has 0 fully saturated rings. The first-order valence-electron chi connectivity index (χ1n) is 5.10. The van der Waals surface area contributed by atoms with Crippen molar-refractivity contribution >= 4 is 11.8 Å². The summed E-state index contributed by atoms with van der Waals surface area (Å²) in [6.07, 6.45) is 2.34. The molecule has 1 unspecified atom stereocenters. The molecule has 0 aromatic heterocycles. The Bertz CT molecular complexity index is 339. The summed E-state index contributed by atoms with van der Waals surface area (Å²) in [6.45, 7) is 8.85. The van der Waals surface area contributed by atoms with Crippen molar-refractivity contribution in [3.63, 3.8) is 0 Å². The maximum Gasteiger partial charge on any atom is 0.303 e. The Labute approximate surface area is 90.5 Å². The third kappa shape index (κ3) is 1.96. The fourth-order valence-electron chi connectivity index (χ4n) is 2.09. The van der Waals surface area contributed by atoms with Crippen LogP contribution in [-0.2, 0) is 14.3 Å². The molecule has 0 saturated heterocycles. The van der Waals surface area contributed by atoms with Gasteiger partial charge >= 0.3 is 5.97 Å². The maximum absolute atomic E-state index is 11.9. The van der Waals surface area contributed by atoms with Crippen LogP contribution in [-0.4, -0.2) is 17.4 Å². The minimum absolute atomic E-state index is 0.119. The summed E-state index contributed by atoms with van der Waals surface area (Å²) in [6, 6.07) is 0. The lowest BCUT2D eigenvalue weighted by Gasteiger charge is -2.44. The van der Waals surface area contributed by atoms with Crippen molar-refractivity contribution < 1.29 is 14.3 Å². The van der Waals surface area contributed by atoms with Crippen molar-refractivity contribution in [1.29, 1.82) is 0 Å². The van der Waals surface area contributed by atoms with E-state index in [4.69, 9.17) is 4.74 Å². The van der Waals surface area contributed by atoms with Gasteiger partial charge in [-0.2, -0.15) is 0 Å². The van der Waals surface area contributed by atoms with E-state index in [0.29, 0.717) is 0 Å². The average molecular weight is 210 g/mol. The summed E-state index contributed by atoms with van der Waals surface area (Å²) >= 11 is 0. The molecule has 0 bridgehead atoms. The van der Waals surface area contributed by atoms with E-state index in [-0.39, 0.29) is 11.2 Å². The molecule has 1 rings (SSSR count). The Balaban J connectivity index is 3.15. The van der Waals surface area contributed by atoms with Crippen molar-refractivity contribution in [3.8, 4) is 0 Å². The molecule has 0 aliphatic heterocycles. The number of ketones is 1. The number of carbonyl (C=O) groups excluding carboxylic acids is 2. The van der Waals surface area contributed by atoms with Crippen LogP contribution in [0.1, 0.15) is 41.0 Å². The molecule has 0 spiro atoms. The van der Waals surface area contributed by atoms with Crippen LogP contribution in [0, 0.1) is 5.41 Å². The standard InChI is InChI=1S/C12H18O3/c1-8-6-10(14)12(5,15-9(2)13)11(3,4)7-8/h6H,7H2,1-5H3. The lowest BCUT2D eigenvalue weighted by atomic mass is 9.66. The van der Waals surface area contributed by atoms with Crippen LogP contribution in [0.25, 0.3) is 0 Å². The van der Waals surface area contributed by atoms with Gasteiger partial charge < -0.3 is 4.74 Å². The largest absolute Gasteiger partial charge is 0.451 e. The highest BCUT2D eigenvalue weighted by molar-refractivity contribution is 6.00. The molecule has 1 atom stereocenters. The monoisotopic (exact) mass is 210 g/mol. The normalized spacial score (nSPS) is 29.7. The highest BCUT2D eigenvalue weighted by Crippen LogP contribution is 2.43. The first kappa shape index (κ1) is 12.0. The van der Waals surface area contributed by atoms with E-state index in [1.54, 1.807) is 13.0 Å². The van der Waals surface area contributed by atoms with Gasteiger partial charge in [0.25, 0.3) is 0 Å². The number of hydrogen-bond acceptors (Lipinski definition) is 3. The van der Waals surface area contributed by atoms with Gasteiger partial charge in [0.05, 0.1) is 0 Å². The molecule has 0 radical (unpaired) electrons. The summed E-state index contributed by atoms with van der Waals surface area (Å²) < 4.78 is 5.22. The van der Waals surface area contributed by atoms with Crippen molar-refractivity contribution in [3.05, 3.63) is 11.6 Å². The zero-order chi connectivity index (χ0) is 11.9. The zero-order valence-electron chi connectivity index (χ0n) is 10.0. The molecule has 1 aliphatic carbocycles. The van der Waals surface area contributed by atoms with Crippen molar-refractivity contribution in [2.45, 2.75) is 46.6 Å². The third-order valence-electron chi connectivity index (χ3n) is 3.21. The predicted octanol–water partition coefficient (Wildman–Crippen LogP) is 2.25. The van der Waals surface area contributed by atoms with E-state index >= 15 is 0 Å². The number of allylic oxidation sites excluding steroid dienone is 1. The highest BCUT2D eigenvalue weighted by Gasteiger charge is 2.51. The molecule has 0 saturated carbocycles. The minimum Gasteiger partial charge on any atom is -0.451 e. The number of hydrogen-bond donors (Lipinski definition) is 0. The second-order valence-electron chi connectivity index (χ2n) is 5.04. The molecular weight excluding hydrogens is 192 g/mol. The predicted molar refractivity (Wildman–Crippen MR) is 57.3 cm³/mol. The van der Waals surface area contributed by atoms with Gasteiger partial charge in [0, 0.05) is 12.3 Å². The van der Waals surface area contributed by atoms with Crippen molar-refractivity contribution in [2.75, 3.05) is 0 Å². The Morgan fingerprint density at radius 1 is 1.40 bits per heavy atom. The molecule has 0 heterocycles. The molecule has 0 amide bonds. The molecule has 84 valence electrons. The van der Waals surface area contributed by atoms with Crippen LogP contribution in [0.3, 0.4) is 0 Å². The van der Waals surface area contributed by atoms with Gasteiger partial charge in [-0.25, -0.2) is 0 Å². The molecular formula is C12H18O3. The number of ether oxygens (including phenoxy) is 1. The summed E-state index contributed by atoms with van der Waals surface area (Å²) in [5.74, 6) is -0.529. The SMILES string of the molecule is CC(=O)OC1(C)C(=O)C=C(C)CC1(C)C. The number of rotatable bonds is 1. The van der Waals surface area contributed by atoms with E-state index in [1.165, 1.54) is 6.92 Å². The van der Waals surface area contributed by atoms with Crippen molar-refractivity contribution in [2.24, 2.45) is 5.41 Å². The second kappa shape index (κ2) is 3.47. The molecule has 1 aliphatic rings. The summed E-state index contributed by atoms with van der Waals surface area (Å²) in [5, 5.41) is 0. The van der Waals surface area contributed by atoms with Crippen molar-refractivity contribution in [1.82, 2.24) is 0 Å². The quantitative estimate of drug-likeness (QED) is 0.623. The fraction of sp³-hybridized carbons (Fsp3) is 0.667. The molecule has 3 heteroatoms. The molecule has 0 aromatic carbocycles. The first-order chi connectivity index (χ1) is 6.69. The van der Waals surface area contributed by atoms with E-state index in [9.17, 15) is 9.59 Å². The van der Waals surface area contributed by atoms with E-state index in [2.05, 4.69) is 0 Å². The minimum atomic E-state index is -1.03. The van der Waals surface area contributed by atoms with Gasteiger partial charge in [-0.15, -0.1) is 0 Å². The van der Waals surface area contributed by atoms with Crippen LogP contribution in [0.4, 0.5) is 0 Å². The van der Waals surface area contributed by atoms with Gasteiger partial charge in [0.15, 0.2) is 11.4 Å². The Kier molecular flexibility index (Phi) is 2.77. The third-order valence-corrected chi connectivity index (χ3v) is 3.21. The molecule has 15 heavy (non-hydrogen) atoms. The van der Waals surface area contributed by atoms with Gasteiger partial charge in [-0.05, 0) is 26.3 Å². The average Bonchev–Trinajstić information content (AvgIpc) is 1.98. The van der Waals surface area contributed by atoms with Gasteiger partial charge in [-0.3, -0.25) is 9.59 Å². The lowest BCUT2D eigenvalue weighted by Crippen LogP contribution is -2.53. The van der Waals surface area contributed by atoms with Gasteiger partial charge in [-0.1, -0.05) is 19.4 Å². The smallest absolute Gasteiger partial charge is 0.303 e. The molecule has 3 nitrogen and oxygen atoms in total. The van der Waals surface area contributed by atoms with Crippen LogP contribution in [0.2, 0.25) is 0 Å². The summed E-state index contributed by atoms with van der Waals surface area (Å²) in [7, 11) is 0. The number of esters is 1. The van der Waals surface area contributed by atoms with Crippen LogP contribution < -0.4 is 0 Å². The van der Waals surface area contributed by atoms with E-state index in [1.807, 2.05) is 20.8 Å². The van der Waals surface area contributed by atoms with Crippen LogP contribution in [0.5, 0.6) is 0 Å². The lowest BCUT2D eigenvalue weighted by molar-refractivity contribution is -0.175. The fourth-order valence-corrected chi connectivity index (χ4v) is 2.09. The summed E-state index contributed by atoms with van der Waals surface area (Å²) in [5.41, 5.74) is -0.345. The molecule has 0 N–H and O–H groups in total. The Morgan fingerprint density at radius 3 is 2.33 bits per heavy atom.